The Kier molecular flexibility index (Phi) is 7.04. The van der Waals surface area contributed by atoms with Gasteiger partial charge < -0.3 is 29.6 Å². The first kappa shape index (κ1) is 22.5. The summed E-state index contributed by atoms with van der Waals surface area (Å²) in [5.74, 6) is 2.36. The van der Waals surface area contributed by atoms with Crippen molar-refractivity contribution in [1.29, 1.82) is 0 Å². The number of ether oxygens (including phenoxy) is 4. The van der Waals surface area contributed by atoms with Gasteiger partial charge in [0.05, 0.1) is 45.7 Å². The first-order chi connectivity index (χ1) is 14.9. The Hall–Kier alpha value is -3.23. The smallest absolute Gasteiger partial charge is 0.309 e. The van der Waals surface area contributed by atoms with Crippen LogP contribution in [-0.2, 0) is 9.53 Å². The third-order valence-corrected chi connectivity index (χ3v) is 5.54. The monoisotopic (exact) mass is 430 g/mol. The van der Waals surface area contributed by atoms with Crippen LogP contribution in [0.2, 0.25) is 0 Å². The standard InChI is InChI=1S/C22H30N4O5/c1-6-31-22(27)15-7-8-26(12-13(15)2)21-20(23)24-11-16(25-21)14-9-17(28-3)19(30-5)18(10-14)29-4/h9-11,13,15H,6-8,12H2,1-5H3,(H2,23,24)/t13-,15+/m0/s1. The molecule has 2 heterocycles. The van der Waals surface area contributed by atoms with Gasteiger partial charge in [-0.3, -0.25) is 4.79 Å². The van der Waals surface area contributed by atoms with Crippen molar-refractivity contribution in [2.75, 3.05) is 51.7 Å². The van der Waals surface area contributed by atoms with Crippen LogP contribution in [0.3, 0.4) is 0 Å². The average molecular weight is 431 g/mol. The molecule has 0 aliphatic carbocycles. The summed E-state index contributed by atoms with van der Waals surface area (Å²) in [6.45, 7) is 5.54. The number of rotatable bonds is 7. The molecule has 2 aromatic rings. The molecule has 1 fully saturated rings. The van der Waals surface area contributed by atoms with Gasteiger partial charge in [0.15, 0.2) is 23.1 Å². The van der Waals surface area contributed by atoms with Crippen LogP contribution in [0.1, 0.15) is 20.3 Å². The van der Waals surface area contributed by atoms with Crippen molar-refractivity contribution in [2.24, 2.45) is 11.8 Å². The topological polar surface area (TPSA) is 109 Å². The molecule has 1 aliphatic rings. The lowest BCUT2D eigenvalue weighted by Crippen LogP contribution is -2.43. The number of carbonyl (C=O) groups excluding carboxylic acids is 1. The summed E-state index contributed by atoms with van der Waals surface area (Å²) in [5, 5.41) is 0. The van der Waals surface area contributed by atoms with Gasteiger partial charge in [-0.2, -0.15) is 0 Å². The number of anilines is 2. The van der Waals surface area contributed by atoms with E-state index in [4.69, 9.17) is 29.7 Å². The number of methoxy groups -OCH3 is 3. The van der Waals surface area contributed by atoms with Crippen molar-refractivity contribution < 1.29 is 23.7 Å². The molecular weight excluding hydrogens is 400 g/mol. The lowest BCUT2D eigenvalue weighted by molar-refractivity contribution is -0.150. The van der Waals surface area contributed by atoms with Crippen molar-refractivity contribution in [2.45, 2.75) is 20.3 Å². The van der Waals surface area contributed by atoms with Crippen molar-refractivity contribution in [3.8, 4) is 28.5 Å². The van der Waals surface area contributed by atoms with Gasteiger partial charge in [-0.1, -0.05) is 6.92 Å². The molecule has 1 saturated heterocycles. The molecule has 9 heteroatoms. The molecule has 0 unspecified atom stereocenters. The number of nitrogens with two attached hydrogens (primary N) is 1. The second-order valence-corrected chi connectivity index (χ2v) is 7.45. The maximum Gasteiger partial charge on any atom is 0.309 e. The summed E-state index contributed by atoms with van der Waals surface area (Å²) in [4.78, 5) is 23.4. The molecule has 0 bridgehead atoms. The van der Waals surface area contributed by atoms with Gasteiger partial charge in [-0.05, 0) is 31.4 Å². The summed E-state index contributed by atoms with van der Waals surface area (Å²) >= 11 is 0. The normalized spacial score (nSPS) is 18.4. The Morgan fingerprint density at radius 3 is 2.42 bits per heavy atom. The second-order valence-electron chi connectivity index (χ2n) is 7.45. The highest BCUT2D eigenvalue weighted by atomic mass is 16.5. The maximum absolute atomic E-state index is 12.2. The summed E-state index contributed by atoms with van der Waals surface area (Å²) in [6, 6.07) is 3.64. The van der Waals surface area contributed by atoms with Crippen LogP contribution in [0, 0.1) is 11.8 Å². The lowest BCUT2D eigenvalue weighted by atomic mass is 9.87. The van der Waals surface area contributed by atoms with Gasteiger partial charge in [0, 0.05) is 18.7 Å². The van der Waals surface area contributed by atoms with E-state index in [0.29, 0.717) is 60.7 Å². The molecule has 0 saturated carbocycles. The predicted molar refractivity (Wildman–Crippen MR) is 118 cm³/mol. The molecule has 9 nitrogen and oxygen atoms in total. The predicted octanol–water partition coefficient (Wildman–Crippen LogP) is 2.78. The Bertz CT molecular complexity index is 911. The van der Waals surface area contributed by atoms with Crippen LogP contribution in [0.25, 0.3) is 11.3 Å². The summed E-state index contributed by atoms with van der Waals surface area (Å²) < 4.78 is 21.5. The van der Waals surface area contributed by atoms with Crippen LogP contribution < -0.4 is 24.8 Å². The SMILES string of the molecule is CCOC(=O)[C@@H]1CCN(c2nc(-c3cc(OC)c(OC)c(OC)c3)cnc2N)C[C@@H]1C. The Labute approximate surface area is 182 Å². The maximum atomic E-state index is 12.2. The fraction of sp³-hybridized carbons (Fsp3) is 0.500. The van der Waals surface area contributed by atoms with Crippen LogP contribution >= 0.6 is 0 Å². The van der Waals surface area contributed by atoms with E-state index in [1.807, 2.05) is 26.0 Å². The third kappa shape index (κ3) is 4.60. The van der Waals surface area contributed by atoms with Crippen LogP contribution in [0.5, 0.6) is 17.2 Å². The molecule has 0 amide bonds. The fourth-order valence-corrected chi connectivity index (χ4v) is 3.93. The number of hydrogen-bond acceptors (Lipinski definition) is 9. The Morgan fingerprint density at radius 1 is 1.19 bits per heavy atom. The first-order valence-electron chi connectivity index (χ1n) is 10.3. The van der Waals surface area contributed by atoms with Gasteiger partial charge >= 0.3 is 5.97 Å². The Balaban J connectivity index is 1.91. The van der Waals surface area contributed by atoms with Gasteiger partial charge in [-0.25, -0.2) is 9.97 Å². The highest BCUT2D eigenvalue weighted by molar-refractivity contribution is 5.74. The number of nitrogen functional groups attached to an aromatic ring is 1. The van der Waals surface area contributed by atoms with Crippen molar-refractivity contribution in [3.63, 3.8) is 0 Å². The van der Waals surface area contributed by atoms with Crippen molar-refractivity contribution >= 4 is 17.6 Å². The molecule has 2 atom stereocenters. The first-order valence-corrected chi connectivity index (χ1v) is 10.3. The molecule has 0 radical (unpaired) electrons. The van der Waals surface area contributed by atoms with E-state index in [2.05, 4.69) is 9.88 Å². The van der Waals surface area contributed by atoms with E-state index in [-0.39, 0.29) is 17.8 Å². The van der Waals surface area contributed by atoms with Gasteiger partial charge in [-0.15, -0.1) is 0 Å². The fourth-order valence-electron chi connectivity index (χ4n) is 3.93. The van der Waals surface area contributed by atoms with E-state index >= 15 is 0 Å². The van der Waals surface area contributed by atoms with Gasteiger partial charge in [0.2, 0.25) is 5.75 Å². The molecule has 1 aliphatic heterocycles. The molecule has 1 aromatic heterocycles. The quantitative estimate of drug-likeness (QED) is 0.663. The Morgan fingerprint density at radius 2 is 1.87 bits per heavy atom. The summed E-state index contributed by atoms with van der Waals surface area (Å²) in [6.07, 6.45) is 2.30. The molecular formula is C22H30N4O5. The number of nitrogens with zero attached hydrogens (tertiary/aromatic N) is 3. The van der Waals surface area contributed by atoms with Crippen LogP contribution in [-0.4, -0.2) is 57.0 Å². The molecule has 3 rings (SSSR count). The third-order valence-electron chi connectivity index (χ3n) is 5.54. The number of benzene rings is 1. The molecule has 2 N–H and O–H groups in total. The molecule has 168 valence electrons. The minimum absolute atomic E-state index is 0.110. The largest absolute Gasteiger partial charge is 0.493 e. The minimum atomic E-state index is -0.139. The minimum Gasteiger partial charge on any atom is -0.493 e. The van der Waals surface area contributed by atoms with E-state index in [9.17, 15) is 4.79 Å². The van der Waals surface area contributed by atoms with E-state index in [0.717, 1.165) is 5.56 Å². The number of carbonyl (C=O) groups is 1. The van der Waals surface area contributed by atoms with Crippen LogP contribution in [0.4, 0.5) is 11.6 Å². The van der Waals surface area contributed by atoms with E-state index in [1.54, 1.807) is 27.5 Å². The molecule has 1 aromatic carbocycles. The van der Waals surface area contributed by atoms with Gasteiger partial charge in [0.1, 0.15) is 0 Å². The summed E-state index contributed by atoms with van der Waals surface area (Å²) in [5.41, 5.74) is 7.56. The van der Waals surface area contributed by atoms with E-state index < -0.39 is 0 Å². The average Bonchev–Trinajstić information content (AvgIpc) is 2.78. The number of hydrogen-bond donors (Lipinski definition) is 1. The molecule has 31 heavy (non-hydrogen) atoms. The van der Waals surface area contributed by atoms with Crippen molar-refractivity contribution in [3.05, 3.63) is 18.3 Å². The van der Waals surface area contributed by atoms with Gasteiger partial charge in [0.25, 0.3) is 0 Å². The lowest BCUT2D eigenvalue weighted by Gasteiger charge is -2.36. The highest BCUT2D eigenvalue weighted by Crippen LogP contribution is 2.41. The zero-order chi connectivity index (χ0) is 22.5. The highest BCUT2D eigenvalue weighted by Gasteiger charge is 2.33. The van der Waals surface area contributed by atoms with Crippen molar-refractivity contribution in [1.82, 2.24) is 9.97 Å². The zero-order valence-electron chi connectivity index (χ0n) is 18.7. The number of aromatic nitrogens is 2. The summed E-state index contributed by atoms with van der Waals surface area (Å²) in [7, 11) is 4.69. The second kappa shape index (κ2) is 9.72. The zero-order valence-corrected chi connectivity index (χ0v) is 18.7. The van der Waals surface area contributed by atoms with E-state index in [1.165, 1.54) is 0 Å². The number of piperidine rings is 1. The van der Waals surface area contributed by atoms with Crippen LogP contribution in [0.15, 0.2) is 18.3 Å². The molecule has 0 spiro atoms. The number of esters is 1.